The summed E-state index contributed by atoms with van der Waals surface area (Å²) in [4.78, 5) is 24.1. The predicted octanol–water partition coefficient (Wildman–Crippen LogP) is -8.78. The summed E-state index contributed by atoms with van der Waals surface area (Å²) in [6.07, 6.45) is -28.8. The number of carbonyl (C=O) groups is 2. The SMILES string of the molecule is CC(=O)N[C@H]1[C@H](O[C@H]2[C@H](O)[C@@H](NC(C)=O)CO[C@@H]2CO)O[C@H](CO)[C@@H](O)[C@@H]1O[C@@H]1O[C@H](CO)[C@@H](O)[C@H](O[C@H]2O[C@H](CO)[C@@H](O)[C@H](O)[C@@H]2O)[C@@H]1O. The molecule has 19 atom stereocenters. The Hall–Kier alpha value is -1.78. The zero-order valence-electron chi connectivity index (χ0n) is 27.1. The molecule has 22 nitrogen and oxygen atoms in total. The monoisotopic (exact) mass is 732 g/mol. The van der Waals surface area contributed by atoms with E-state index in [1.807, 2.05) is 0 Å². The molecule has 13 N–H and O–H groups in total. The summed E-state index contributed by atoms with van der Waals surface area (Å²) in [6.45, 7) is -1.13. The molecule has 4 aliphatic heterocycles. The van der Waals surface area contributed by atoms with Crippen LogP contribution < -0.4 is 10.6 Å². The molecule has 290 valence electrons. The number of ether oxygens (including phenoxy) is 7. The molecule has 0 saturated carbocycles. The van der Waals surface area contributed by atoms with Crippen molar-refractivity contribution in [1.29, 1.82) is 0 Å². The molecule has 0 spiro atoms. The number of hydrogen-bond acceptors (Lipinski definition) is 20. The van der Waals surface area contributed by atoms with Crippen molar-refractivity contribution in [3.05, 3.63) is 0 Å². The average Bonchev–Trinajstić information content (AvgIpc) is 3.07. The van der Waals surface area contributed by atoms with Crippen molar-refractivity contribution in [3.8, 4) is 0 Å². The first-order chi connectivity index (χ1) is 23.7. The van der Waals surface area contributed by atoms with Crippen molar-refractivity contribution in [3.63, 3.8) is 0 Å². The minimum Gasteiger partial charge on any atom is -0.394 e. The molecule has 4 fully saturated rings. The van der Waals surface area contributed by atoms with Crippen molar-refractivity contribution in [2.24, 2.45) is 0 Å². The summed E-state index contributed by atoms with van der Waals surface area (Å²) < 4.78 is 39.7. The minimum atomic E-state index is -2.04. The van der Waals surface area contributed by atoms with Gasteiger partial charge in [0, 0.05) is 13.8 Å². The first-order valence-electron chi connectivity index (χ1n) is 16.0. The predicted molar refractivity (Wildman–Crippen MR) is 156 cm³/mol. The maximum Gasteiger partial charge on any atom is 0.217 e. The van der Waals surface area contributed by atoms with Crippen LogP contribution in [0.5, 0.6) is 0 Å². The lowest BCUT2D eigenvalue weighted by Gasteiger charge is -2.50. The third-order valence-electron chi connectivity index (χ3n) is 8.94. The van der Waals surface area contributed by atoms with E-state index < -0.39 is 155 Å². The van der Waals surface area contributed by atoms with Gasteiger partial charge in [0.15, 0.2) is 18.9 Å². The zero-order valence-corrected chi connectivity index (χ0v) is 27.1. The van der Waals surface area contributed by atoms with E-state index in [4.69, 9.17) is 33.2 Å². The largest absolute Gasteiger partial charge is 0.394 e. The first kappa shape index (κ1) is 41.0. The van der Waals surface area contributed by atoms with E-state index in [0.717, 1.165) is 6.92 Å². The maximum atomic E-state index is 12.4. The minimum absolute atomic E-state index is 0.197. The molecule has 0 aromatic carbocycles. The average molecular weight is 733 g/mol. The van der Waals surface area contributed by atoms with Gasteiger partial charge in [-0.25, -0.2) is 0 Å². The number of amides is 2. The van der Waals surface area contributed by atoms with E-state index in [0.29, 0.717) is 0 Å². The fraction of sp³-hybridized carbons (Fsp3) is 0.929. The molecule has 0 radical (unpaired) electrons. The highest BCUT2D eigenvalue weighted by Gasteiger charge is 2.55. The van der Waals surface area contributed by atoms with Gasteiger partial charge in [-0.3, -0.25) is 9.59 Å². The second-order valence-electron chi connectivity index (χ2n) is 12.5. The maximum absolute atomic E-state index is 12.4. The highest BCUT2D eigenvalue weighted by Crippen LogP contribution is 2.34. The van der Waals surface area contributed by atoms with Crippen molar-refractivity contribution in [2.75, 3.05) is 33.0 Å². The quantitative estimate of drug-likeness (QED) is 0.0885. The summed E-state index contributed by atoms with van der Waals surface area (Å²) >= 11 is 0. The number of aliphatic hydroxyl groups is 11. The molecule has 0 bridgehead atoms. The van der Waals surface area contributed by atoms with E-state index in [1.165, 1.54) is 6.92 Å². The van der Waals surface area contributed by atoms with Gasteiger partial charge < -0.3 is 100.0 Å². The van der Waals surface area contributed by atoms with Gasteiger partial charge in [-0.1, -0.05) is 0 Å². The molecule has 0 unspecified atom stereocenters. The second-order valence-corrected chi connectivity index (χ2v) is 12.5. The highest BCUT2D eigenvalue weighted by atomic mass is 16.8. The second kappa shape index (κ2) is 17.8. The zero-order chi connectivity index (χ0) is 37.0. The van der Waals surface area contributed by atoms with Gasteiger partial charge in [0.1, 0.15) is 91.5 Å². The van der Waals surface area contributed by atoms with Crippen LogP contribution in [0.1, 0.15) is 13.8 Å². The normalized spacial score (nSPS) is 47.0. The van der Waals surface area contributed by atoms with Crippen LogP contribution in [0.4, 0.5) is 0 Å². The summed E-state index contributed by atoms with van der Waals surface area (Å²) in [5, 5.41) is 120. The smallest absolute Gasteiger partial charge is 0.217 e. The van der Waals surface area contributed by atoms with Crippen molar-refractivity contribution in [2.45, 2.75) is 130 Å². The van der Waals surface area contributed by atoms with Crippen molar-refractivity contribution in [1.82, 2.24) is 10.6 Å². The molecule has 4 saturated heterocycles. The molecule has 4 heterocycles. The van der Waals surface area contributed by atoms with Gasteiger partial charge in [-0.2, -0.15) is 0 Å². The van der Waals surface area contributed by atoms with Gasteiger partial charge in [0.05, 0.1) is 39.1 Å². The Morgan fingerprint density at radius 3 is 1.54 bits per heavy atom. The van der Waals surface area contributed by atoms with Gasteiger partial charge in [0.2, 0.25) is 11.8 Å². The Balaban J connectivity index is 1.61. The van der Waals surface area contributed by atoms with E-state index in [-0.39, 0.29) is 6.61 Å². The van der Waals surface area contributed by atoms with Crippen LogP contribution in [-0.4, -0.2) is 217 Å². The van der Waals surface area contributed by atoms with Gasteiger partial charge in [-0.05, 0) is 0 Å². The van der Waals surface area contributed by atoms with Crippen LogP contribution in [0.3, 0.4) is 0 Å². The molecular weight excluding hydrogens is 684 g/mol. The standard InChI is InChI=1S/C28H48N2O20/c1-8(35)29-10-7-44-14(6-34)23(16(10)37)48-26-15(30-9(2)36)24(18(39)12(4-32)45-26)49-28-22(43)25(19(40)13(5-33)47-28)50-27-21(42)20(41)17(38)11(3-31)46-27/h10-28,31-34,37-43H,3-7H2,1-2H3,(H,29,35)(H,30,36)/t10-,11+,12+,13+,14+,15+,16+,17+,18+,19+,20-,21-,22-,23+,24+,25-,26-,27+,28-/m0/s1. The molecule has 0 aliphatic carbocycles. The van der Waals surface area contributed by atoms with Crippen LogP contribution in [0.25, 0.3) is 0 Å². The van der Waals surface area contributed by atoms with Crippen LogP contribution in [0.2, 0.25) is 0 Å². The molecular formula is C28H48N2O20. The molecule has 0 aromatic heterocycles. The summed E-state index contributed by atoms with van der Waals surface area (Å²) in [7, 11) is 0. The van der Waals surface area contributed by atoms with E-state index >= 15 is 0 Å². The molecule has 50 heavy (non-hydrogen) atoms. The lowest BCUT2D eigenvalue weighted by molar-refractivity contribution is -0.376. The Morgan fingerprint density at radius 1 is 0.540 bits per heavy atom. The molecule has 4 aliphatic rings. The third kappa shape index (κ3) is 8.87. The van der Waals surface area contributed by atoms with E-state index in [2.05, 4.69) is 10.6 Å². The number of nitrogens with one attached hydrogen (secondary N) is 2. The molecule has 2 amide bonds. The molecule has 4 rings (SSSR count). The lowest BCUT2D eigenvalue weighted by atomic mass is 9.94. The molecule has 0 aromatic rings. The Labute approximate surface area is 285 Å². The fourth-order valence-electron chi connectivity index (χ4n) is 6.29. The Kier molecular flexibility index (Phi) is 14.6. The van der Waals surface area contributed by atoms with Gasteiger partial charge in [0.25, 0.3) is 0 Å². The number of hydrogen-bond donors (Lipinski definition) is 13. The summed E-state index contributed by atoms with van der Waals surface area (Å²) in [5.41, 5.74) is 0. The van der Waals surface area contributed by atoms with E-state index in [1.54, 1.807) is 0 Å². The van der Waals surface area contributed by atoms with E-state index in [9.17, 15) is 65.8 Å². The van der Waals surface area contributed by atoms with Crippen LogP contribution >= 0.6 is 0 Å². The van der Waals surface area contributed by atoms with Crippen LogP contribution in [-0.2, 0) is 42.7 Å². The topological polar surface area (TPSA) is 345 Å². The van der Waals surface area contributed by atoms with Crippen molar-refractivity contribution >= 4 is 11.8 Å². The fourth-order valence-corrected chi connectivity index (χ4v) is 6.29. The highest BCUT2D eigenvalue weighted by molar-refractivity contribution is 5.73. The number of rotatable bonds is 12. The first-order valence-corrected chi connectivity index (χ1v) is 16.0. The lowest BCUT2D eigenvalue weighted by Crippen LogP contribution is -2.70. The van der Waals surface area contributed by atoms with Crippen molar-refractivity contribution < 1.29 is 98.9 Å². The Bertz CT molecular complexity index is 1110. The summed E-state index contributed by atoms with van der Waals surface area (Å²) in [5.74, 6) is -1.23. The van der Waals surface area contributed by atoms with Gasteiger partial charge in [-0.15, -0.1) is 0 Å². The van der Waals surface area contributed by atoms with Crippen LogP contribution in [0, 0.1) is 0 Å². The van der Waals surface area contributed by atoms with Crippen LogP contribution in [0.15, 0.2) is 0 Å². The van der Waals surface area contributed by atoms with Gasteiger partial charge >= 0.3 is 0 Å². The summed E-state index contributed by atoms with van der Waals surface area (Å²) in [6, 6.07) is -2.53. The Morgan fingerprint density at radius 2 is 1.00 bits per heavy atom. The number of aliphatic hydroxyl groups excluding tert-OH is 11. The number of carbonyl (C=O) groups excluding carboxylic acids is 2. The molecule has 22 heteroatoms. The third-order valence-corrected chi connectivity index (χ3v) is 8.94.